The molecule has 128 valence electrons. The van der Waals surface area contributed by atoms with E-state index >= 15 is 0 Å². The molecule has 0 fully saturated rings. The Labute approximate surface area is 149 Å². The fraction of sp³-hybridized carbons (Fsp3) is 0.316. The van der Waals surface area contributed by atoms with Crippen LogP contribution < -0.4 is 5.56 Å². The van der Waals surface area contributed by atoms with Crippen LogP contribution in [0.4, 0.5) is 0 Å². The van der Waals surface area contributed by atoms with Gasteiger partial charge in [-0.1, -0.05) is 6.07 Å². The minimum Gasteiger partial charge on any atom is -0.334 e. The summed E-state index contributed by atoms with van der Waals surface area (Å²) in [6.07, 6.45) is 1.77. The highest BCUT2D eigenvalue weighted by atomic mass is 32.1. The van der Waals surface area contributed by atoms with Gasteiger partial charge in [0.05, 0.1) is 16.9 Å². The average Bonchev–Trinajstić information content (AvgIpc) is 3.31. The third kappa shape index (κ3) is 2.66. The van der Waals surface area contributed by atoms with Gasteiger partial charge in [0.15, 0.2) is 0 Å². The summed E-state index contributed by atoms with van der Waals surface area (Å²) in [6.45, 7) is 2.75. The molecule has 0 N–H and O–H groups in total. The molecule has 0 saturated heterocycles. The predicted octanol–water partition coefficient (Wildman–Crippen LogP) is 3.24. The van der Waals surface area contributed by atoms with E-state index in [4.69, 9.17) is 0 Å². The van der Waals surface area contributed by atoms with E-state index in [1.807, 2.05) is 31.5 Å². The fourth-order valence-corrected chi connectivity index (χ4v) is 4.14. The van der Waals surface area contributed by atoms with Crippen molar-refractivity contribution in [2.45, 2.75) is 32.4 Å². The van der Waals surface area contributed by atoms with Gasteiger partial charge in [-0.3, -0.25) is 14.2 Å². The van der Waals surface area contributed by atoms with Crippen molar-refractivity contribution in [3.8, 4) is 0 Å². The van der Waals surface area contributed by atoms with Crippen molar-refractivity contribution >= 4 is 28.1 Å². The first-order valence-electron chi connectivity index (χ1n) is 8.40. The molecule has 0 bridgehead atoms. The van der Waals surface area contributed by atoms with Crippen LogP contribution in [0.1, 0.15) is 40.4 Å². The van der Waals surface area contributed by atoms with Crippen LogP contribution in [0.25, 0.3) is 10.9 Å². The van der Waals surface area contributed by atoms with Gasteiger partial charge in [0.25, 0.3) is 11.5 Å². The Balaban J connectivity index is 1.71. The summed E-state index contributed by atoms with van der Waals surface area (Å²) in [7, 11) is 1.81. The van der Waals surface area contributed by atoms with Gasteiger partial charge in [-0.05, 0) is 43.0 Å². The van der Waals surface area contributed by atoms with E-state index in [0.717, 1.165) is 30.1 Å². The lowest BCUT2D eigenvalue weighted by Gasteiger charge is -2.24. The number of hydrogen-bond donors (Lipinski definition) is 0. The van der Waals surface area contributed by atoms with Crippen LogP contribution in [0.3, 0.4) is 0 Å². The Hall–Kier alpha value is -2.47. The van der Waals surface area contributed by atoms with Gasteiger partial charge in [-0.25, -0.2) is 4.98 Å². The third-order valence-corrected chi connectivity index (χ3v) is 5.96. The monoisotopic (exact) mass is 353 g/mol. The van der Waals surface area contributed by atoms with Gasteiger partial charge in [0.1, 0.15) is 5.82 Å². The van der Waals surface area contributed by atoms with E-state index in [2.05, 4.69) is 4.98 Å². The van der Waals surface area contributed by atoms with Crippen LogP contribution in [0.5, 0.6) is 0 Å². The maximum Gasteiger partial charge on any atom is 0.261 e. The number of thiophene rings is 1. The standard InChI is InChI=1S/C19H19N3O2S/c1-12(16-5-4-10-25-16)21(2)18(23)13-7-8-14-15(11-13)20-17-6-3-9-22(17)19(14)24/h4-5,7-8,10-12H,3,6,9H2,1-2H3/t12-/m1/s1. The molecule has 1 atom stereocenters. The Kier molecular flexibility index (Phi) is 3.92. The molecular formula is C19H19N3O2S. The van der Waals surface area contributed by atoms with Gasteiger partial charge in [-0.2, -0.15) is 0 Å². The maximum absolute atomic E-state index is 12.9. The molecule has 0 radical (unpaired) electrons. The zero-order valence-electron chi connectivity index (χ0n) is 14.2. The van der Waals surface area contributed by atoms with Crippen molar-refractivity contribution < 1.29 is 4.79 Å². The number of fused-ring (bicyclic) bond motifs is 2. The Morgan fingerprint density at radius 1 is 1.36 bits per heavy atom. The van der Waals surface area contributed by atoms with Crippen LogP contribution in [0, 0.1) is 0 Å². The molecule has 6 heteroatoms. The largest absolute Gasteiger partial charge is 0.334 e. The summed E-state index contributed by atoms with van der Waals surface area (Å²) >= 11 is 1.64. The van der Waals surface area contributed by atoms with Gasteiger partial charge < -0.3 is 4.90 Å². The molecule has 0 spiro atoms. The van der Waals surface area contributed by atoms with Crippen LogP contribution in [0.2, 0.25) is 0 Å². The molecule has 0 aliphatic carbocycles. The highest BCUT2D eigenvalue weighted by Crippen LogP contribution is 2.25. The second kappa shape index (κ2) is 6.11. The van der Waals surface area contributed by atoms with Crippen LogP contribution >= 0.6 is 11.3 Å². The van der Waals surface area contributed by atoms with Gasteiger partial charge in [0, 0.05) is 30.5 Å². The number of hydrogen-bond acceptors (Lipinski definition) is 4. The van der Waals surface area contributed by atoms with Crippen LogP contribution in [-0.2, 0) is 13.0 Å². The SMILES string of the molecule is C[C@H](c1cccs1)N(C)C(=O)c1ccc2c(=O)n3c(nc2c1)CCC3. The van der Waals surface area contributed by atoms with Crippen LogP contribution in [0.15, 0.2) is 40.5 Å². The number of aryl methyl sites for hydroxylation is 1. The highest BCUT2D eigenvalue weighted by Gasteiger charge is 2.21. The quantitative estimate of drug-likeness (QED) is 0.726. The molecule has 2 aromatic heterocycles. The molecule has 4 rings (SSSR count). The van der Waals surface area contributed by atoms with Crippen molar-refractivity contribution in [1.29, 1.82) is 0 Å². The van der Waals surface area contributed by atoms with Crippen molar-refractivity contribution in [2.24, 2.45) is 0 Å². The second-order valence-electron chi connectivity index (χ2n) is 6.43. The highest BCUT2D eigenvalue weighted by molar-refractivity contribution is 7.10. The first kappa shape index (κ1) is 16.0. The lowest BCUT2D eigenvalue weighted by atomic mass is 10.1. The van der Waals surface area contributed by atoms with Crippen molar-refractivity contribution in [1.82, 2.24) is 14.5 Å². The zero-order valence-corrected chi connectivity index (χ0v) is 15.0. The van der Waals surface area contributed by atoms with Crippen molar-refractivity contribution in [3.05, 3.63) is 62.3 Å². The number of rotatable bonds is 3. The molecule has 1 aliphatic rings. The van der Waals surface area contributed by atoms with Crippen molar-refractivity contribution in [2.75, 3.05) is 7.05 Å². The lowest BCUT2D eigenvalue weighted by Crippen LogP contribution is -2.29. The number of carbonyl (C=O) groups excluding carboxylic acids is 1. The summed E-state index contributed by atoms with van der Waals surface area (Å²) in [6, 6.07) is 9.23. The fourth-order valence-electron chi connectivity index (χ4n) is 3.32. The molecule has 5 nitrogen and oxygen atoms in total. The molecular weight excluding hydrogens is 334 g/mol. The van der Waals surface area contributed by atoms with E-state index in [0.29, 0.717) is 16.5 Å². The molecule has 1 aliphatic heterocycles. The van der Waals surface area contributed by atoms with E-state index < -0.39 is 0 Å². The molecule has 1 amide bonds. The van der Waals surface area contributed by atoms with E-state index in [1.165, 1.54) is 0 Å². The van der Waals surface area contributed by atoms with Gasteiger partial charge in [0.2, 0.25) is 0 Å². The minimum atomic E-state index is -0.0646. The normalized spacial score (nSPS) is 14.5. The smallest absolute Gasteiger partial charge is 0.261 e. The number of amides is 1. The minimum absolute atomic E-state index is 0.00167. The number of benzene rings is 1. The summed E-state index contributed by atoms with van der Waals surface area (Å²) in [5, 5.41) is 2.59. The zero-order chi connectivity index (χ0) is 17.6. The topological polar surface area (TPSA) is 55.2 Å². The molecule has 25 heavy (non-hydrogen) atoms. The van der Waals surface area contributed by atoms with Crippen LogP contribution in [-0.4, -0.2) is 27.4 Å². The maximum atomic E-state index is 12.9. The summed E-state index contributed by atoms with van der Waals surface area (Å²) < 4.78 is 1.74. The first-order valence-corrected chi connectivity index (χ1v) is 9.28. The van der Waals surface area contributed by atoms with Gasteiger partial charge in [-0.15, -0.1) is 11.3 Å². The predicted molar refractivity (Wildman–Crippen MR) is 99.2 cm³/mol. The summed E-state index contributed by atoms with van der Waals surface area (Å²) in [4.78, 5) is 32.9. The number of nitrogens with zero attached hydrogens (tertiary/aromatic N) is 3. The molecule has 0 unspecified atom stereocenters. The lowest BCUT2D eigenvalue weighted by molar-refractivity contribution is 0.0745. The van der Waals surface area contributed by atoms with E-state index in [1.54, 1.807) is 39.0 Å². The summed E-state index contributed by atoms with van der Waals surface area (Å²) in [5.41, 5.74) is 1.17. The second-order valence-corrected chi connectivity index (χ2v) is 7.41. The Bertz CT molecular complexity index is 1010. The number of carbonyl (C=O) groups is 1. The average molecular weight is 353 g/mol. The Morgan fingerprint density at radius 3 is 2.96 bits per heavy atom. The number of aromatic nitrogens is 2. The first-order chi connectivity index (χ1) is 12.1. The molecule has 3 heterocycles. The van der Waals surface area contributed by atoms with Crippen molar-refractivity contribution in [3.63, 3.8) is 0 Å². The van der Waals surface area contributed by atoms with E-state index in [-0.39, 0.29) is 17.5 Å². The third-order valence-electron chi connectivity index (χ3n) is 4.92. The molecule has 1 aromatic carbocycles. The molecule has 0 saturated carbocycles. The summed E-state index contributed by atoms with van der Waals surface area (Å²) in [5.74, 6) is 0.757. The van der Waals surface area contributed by atoms with E-state index in [9.17, 15) is 9.59 Å². The molecule has 3 aromatic rings. The van der Waals surface area contributed by atoms with Gasteiger partial charge >= 0.3 is 0 Å². The Morgan fingerprint density at radius 2 is 2.20 bits per heavy atom.